The number of fused-ring (bicyclic) bond motifs is 1. The third kappa shape index (κ3) is 5.78. The number of benzene rings is 4. The average Bonchev–Trinajstić information content (AvgIpc) is 2.88. The van der Waals surface area contributed by atoms with Gasteiger partial charge in [0.05, 0.1) is 17.2 Å². The normalized spacial score (nSPS) is 11.3. The van der Waals surface area contributed by atoms with Gasteiger partial charge in [0.2, 0.25) is 5.91 Å². The molecule has 0 atom stereocenters. The van der Waals surface area contributed by atoms with Gasteiger partial charge in [-0.2, -0.15) is 0 Å². The van der Waals surface area contributed by atoms with E-state index in [9.17, 15) is 13.2 Å². The number of ether oxygens (including phenoxy) is 1. The first-order valence-electron chi connectivity index (χ1n) is 11.1. The number of sulfonamides is 1. The zero-order valence-electron chi connectivity index (χ0n) is 19.5. The van der Waals surface area contributed by atoms with Gasteiger partial charge in [0.25, 0.3) is 10.0 Å². The van der Waals surface area contributed by atoms with Crippen LogP contribution in [0.5, 0.6) is 5.75 Å². The average molecular weight is 507 g/mol. The Morgan fingerprint density at radius 1 is 0.914 bits per heavy atom. The van der Waals surface area contributed by atoms with Crippen LogP contribution in [0, 0.1) is 0 Å². The molecule has 0 saturated heterocycles. The summed E-state index contributed by atoms with van der Waals surface area (Å²) < 4.78 is 33.8. The Hall–Kier alpha value is -3.49. The molecular formula is C27H26N2O4S2. The Morgan fingerprint density at radius 2 is 1.60 bits per heavy atom. The topological polar surface area (TPSA) is 75.7 Å². The van der Waals surface area contributed by atoms with Crippen LogP contribution >= 0.6 is 11.8 Å². The number of nitrogens with zero attached hydrogens (tertiary/aromatic N) is 1. The molecule has 0 heterocycles. The molecular weight excluding hydrogens is 480 g/mol. The van der Waals surface area contributed by atoms with Gasteiger partial charge in [0.1, 0.15) is 12.3 Å². The summed E-state index contributed by atoms with van der Waals surface area (Å²) in [7, 11) is -4.00. The van der Waals surface area contributed by atoms with Gasteiger partial charge in [0.15, 0.2) is 0 Å². The number of thioether (sulfide) groups is 1. The summed E-state index contributed by atoms with van der Waals surface area (Å²) in [6.45, 7) is 1.99. The maximum Gasteiger partial charge on any atom is 0.264 e. The second-order valence-corrected chi connectivity index (χ2v) is 10.5. The lowest BCUT2D eigenvalue weighted by Crippen LogP contribution is -2.38. The van der Waals surface area contributed by atoms with Crippen LogP contribution in [-0.2, 0) is 14.8 Å². The van der Waals surface area contributed by atoms with Gasteiger partial charge in [-0.3, -0.25) is 9.10 Å². The molecule has 1 amide bonds. The molecule has 0 fully saturated rings. The maximum absolute atomic E-state index is 13.6. The summed E-state index contributed by atoms with van der Waals surface area (Å²) in [5.74, 6) is 0.178. The zero-order valence-corrected chi connectivity index (χ0v) is 21.1. The molecule has 180 valence electrons. The van der Waals surface area contributed by atoms with Crippen molar-refractivity contribution in [3.63, 3.8) is 0 Å². The molecule has 4 aromatic rings. The predicted octanol–water partition coefficient (Wildman–Crippen LogP) is 5.79. The third-order valence-corrected chi connectivity index (χ3v) is 7.94. The van der Waals surface area contributed by atoms with E-state index in [0.717, 1.165) is 20.0 Å². The number of hydrogen-bond donors (Lipinski definition) is 1. The van der Waals surface area contributed by atoms with Crippen LogP contribution in [0.2, 0.25) is 0 Å². The SMILES string of the molecule is CCOc1ccc(N(CC(=O)Nc2ccc3ccccc3c2)S(=O)(=O)c2ccc(SC)cc2)cc1. The molecule has 0 aliphatic carbocycles. The van der Waals surface area contributed by atoms with Crippen molar-refractivity contribution in [2.45, 2.75) is 16.7 Å². The first kappa shape index (κ1) is 24.6. The summed E-state index contributed by atoms with van der Waals surface area (Å²) in [5, 5.41) is 4.87. The van der Waals surface area contributed by atoms with Gasteiger partial charge in [0, 0.05) is 10.6 Å². The van der Waals surface area contributed by atoms with Crippen molar-refractivity contribution in [3.05, 3.63) is 91.0 Å². The fourth-order valence-corrected chi connectivity index (χ4v) is 5.49. The Morgan fingerprint density at radius 3 is 2.26 bits per heavy atom. The Balaban J connectivity index is 1.63. The Bertz CT molecular complexity index is 1420. The number of anilines is 2. The van der Waals surface area contributed by atoms with Gasteiger partial charge in [-0.25, -0.2) is 8.42 Å². The van der Waals surface area contributed by atoms with Crippen LogP contribution in [0.4, 0.5) is 11.4 Å². The van der Waals surface area contributed by atoms with Crippen molar-refractivity contribution in [1.82, 2.24) is 0 Å². The maximum atomic E-state index is 13.6. The fourth-order valence-electron chi connectivity index (χ4n) is 3.66. The van der Waals surface area contributed by atoms with E-state index in [-0.39, 0.29) is 11.4 Å². The quantitative estimate of drug-likeness (QED) is 0.291. The second-order valence-electron chi connectivity index (χ2n) is 7.72. The number of hydrogen-bond acceptors (Lipinski definition) is 5. The highest BCUT2D eigenvalue weighted by atomic mass is 32.2. The minimum atomic E-state index is -4.00. The summed E-state index contributed by atoms with van der Waals surface area (Å²) in [4.78, 5) is 14.1. The van der Waals surface area contributed by atoms with Crippen LogP contribution < -0.4 is 14.4 Å². The van der Waals surface area contributed by atoms with Gasteiger partial charge in [-0.05, 0) is 84.6 Å². The van der Waals surface area contributed by atoms with Gasteiger partial charge in [-0.15, -0.1) is 11.8 Å². The van der Waals surface area contributed by atoms with Crippen LogP contribution in [-0.4, -0.2) is 33.7 Å². The Kier molecular flexibility index (Phi) is 7.63. The van der Waals surface area contributed by atoms with Crippen molar-refractivity contribution in [1.29, 1.82) is 0 Å². The molecule has 0 aliphatic heterocycles. The second kappa shape index (κ2) is 10.8. The minimum absolute atomic E-state index is 0.114. The molecule has 6 nitrogen and oxygen atoms in total. The van der Waals surface area contributed by atoms with Crippen LogP contribution in [0.25, 0.3) is 10.8 Å². The standard InChI is InChI=1S/C27H26N2O4S2/c1-3-33-24-12-10-23(11-13-24)29(35(31,32)26-16-14-25(34-2)15-17-26)19-27(30)28-22-9-8-20-6-4-5-7-21(20)18-22/h4-18H,3,19H2,1-2H3,(H,28,30). The van der Waals surface area contributed by atoms with E-state index in [1.807, 2.05) is 49.6 Å². The van der Waals surface area contributed by atoms with E-state index in [4.69, 9.17) is 4.74 Å². The molecule has 4 aromatic carbocycles. The molecule has 4 rings (SSSR count). The van der Waals surface area contributed by atoms with E-state index in [1.165, 1.54) is 11.8 Å². The lowest BCUT2D eigenvalue weighted by molar-refractivity contribution is -0.114. The molecule has 8 heteroatoms. The highest BCUT2D eigenvalue weighted by molar-refractivity contribution is 7.98. The summed E-state index contributed by atoms with van der Waals surface area (Å²) >= 11 is 1.53. The van der Waals surface area contributed by atoms with Crippen LogP contribution in [0.15, 0.2) is 101 Å². The fraction of sp³-hybridized carbons (Fsp3) is 0.148. The largest absolute Gasteiger partial charge is 0.494 e. The first-order chi connectivity index (χ1) is 16.9. The monoisotopic (exact) mass is 506 g/mol. The van der Waals surface area contributed by atoms with Gasteiger partial charge in [-0.1, -0.05) is 30.3 Å². The lowest BCUT2D eigenvalue weighted by atomic mass is 10.1. The summed E-state index contributed by atoms with van der Waals surface area (Å²) in [5.41, 5.74) is 0.970. The number of carbonyl (C=O) groups is 1. The predicted molar refractivity (Wildman–Crippen MR) is 143 cm³/mol. The van der Waals surface area contributed by atoms with Crippen LogP contribution in [0.3, 0.4) is 0 Å². The summed E-state index contributed by atoms with van der Waals surface area (Å²) in [6, 6.07) is 26.7. The van der Waals surface area contributed by atoms with Crippen molar-refractivity contribution in [2.75, 3.05) is 29.0 Å². The first-order valence-corrected chi connectivity index (χ1v) is 13.8. The molecule has 0 radical (unpaired) electrons. The van der Waals surface area contributed by atoms with Crippen molar-refractivity contribution in [3.8, 4) is 5.75 Å². The highest BCUT2D eigenvalue weighted by Crippen LogP contribution is 2.27. The molecule has 0 spiro atoms. The molecule has 0 saturated carbocycles. The van der Waals surface area contributed by atoms with Gasteiger partial charge >= 0.3 is 0 Å². The summed E-state index contributed by atoms with van der Waals surface area (Å²) in [6.07, 6.45) is 1.92. The van der Waals surface area contributed by atoms with Crippen molar-refractivity contribution < 1.29 is 17.9 Å². The third-order valence-electron chi connectivity index (χ3n) is 5.40. The minimum Gasteiger partial charge on any atom is -0.494 e. The van der Waals surface area contributed by atoms with Crippen molar-refractivity contribution in [2.24, 2.45) is 0 Å². The number of amides is 1. The van der Waals surface area contributed by atoms with E-state index in [0.29, 0.717) is 23.7 Å². The highest BCUT2D eigenvalue weighted by Gasteiger charge is 2.27. The van der Waals surface area contributed by atoms with Crippen LogP contribution in [0.1, 0.15) is 6.92 Å². The van der Waals surface area contributed by atoms with E-state index in [1.54, 1.807) is 54.6 Å². The Labute approximate surface area is 210 Å². The lowest BCUT2D eigenvalue weighted by Gasteiger charge is -2.24. The zero-order chi connectivity index (χ0) is 24.8. The van der Waals surface area contributed by atoms with Gasteiger partial charge < -0.3 is 10.1 Å². The molecule has 0 aromatic heterocycles. The van der Waals surface area contributed by atoms with Crippen molar-refractivity contribution >= 4 is 49.8 Å². The number of rotatable bonds is 9. The molecule has 0 bridgehead atoms. The number of carbonyl (C=O) groups excluding carboxylic acids is 1. The molecule has 0 aliphatic rings. The van der Waals surface area contributed by atoms with E-state index in [2.05, 4.69) is 5.32 Å². The molecule has 0 unspecified atom stereocenters. The smallest absolute Gasteiger partial charge is 0.264 e. The molecule has 35 heavy (non-hydrogen) atoms. The molecule has 1 N–H and O–H groups in total. The van der Waals surface area contributed by atoms with E-state index < -0.39 is 15.9 Å². The van der Waals surface area contributed by atoms with E-state index >= 15 is 0 Å². The number of nitrogens with one attached hydrogen (secondary N) is 1.